The van der Waals surface area contributed by atoms with Crippen LogP contribution >= 0.6 is 0 Å². The van der Waals surface area contributed by atoms with Gasteiger partial charge in [-0.1, -0.05) is 0 Å². The summed E-state index contributed by atoms with van der Waals surface area (Å²) in [5, 5.41) is 7.34. The predicted molar refractivity (Wildman–Crippen MR) is 102 cm³/mol. The van der Waals surface area contributed by atoms with Gasteiger partial charge in [0.2, 0.25) is 5.91 Å². The fraction of sp³-hybridized carbons (Fsp3) is 0.556. The average Bonchev–Trinajstić information content (AvgIpc) is 3.20. The third kappa shape index (κ3) is 3.96. The van der Waals surface area contributed by atoms with E-state index < -0.39 is 0 Å². The Morgan fingerprint density at radius 2 is 2.00 bits per heavy atom. The minimum Gasteiger partial charge on any atom is -0.356 e. The second kappa shape index (κ2) is 7.42. The van der Waals surface area contributed by atoms with E-state index in [0.29, 0.717) is 31.7 Å². The smallest absolute Gasteiger partial charge is 0.332 e. The number of aryl methyl sites for hydroxylation is 3. The molecule has 0 aromatic carbocycles. The van der Waals surface area contributed by atoms with Crippen LogP contribution in [0.2, 0.25) is 0 Å². The first kappa shape index (κ1) is 18.9. The van der Waals surface area contributed by atoms with Gasteiger partial charge in [0.1, 0.15) is 5.82 Å². The van der Waals surface area contributed by atoms with Crippen molar-refractivity contribution in [2.75, 3.05) is 18.0 Å². The highest BCUT2D eigenvalue weighted by Crippen LogP contribution is 2.17. The molecule has 3 rings (SSSR count). The van der Waals surface area contributed by atoms with Crippen LogP contribution in [-0.4, -0.2) is 44.0 Å². The lowest BCUT2D eigenvalue weighted by molar-refractivity contribution is -0.121. The van der Waals surface area contributed by atoms with Gasteiger partial charge in [-0.15, -0.1) is 0 Å². The molecular weight excluding hydrogens is 348 g/mol. The molecule has 0 spiro atoms. The van der Waals surface area contributed by atoms with Gasteiger partial charge in [0.15, 0.2) is 0 Å². The minimum absolute atomic E-state index is 0.00275. The van der Waals surface area contributed by atoms with E-state index in [4.69, 9.17) is 0 Å². The van der Waals surface area contributed by atoms with Crippen LogP contribution in [0.4, 0.5) is 5.82 Å². The monoisotopic (exact) mass is 374 g/mol. The molecule has 0 unspecified atom stereocenters. The highest BCUT2D eigenvalue weighted by Gasteiger charge is 2.26. The molecule has 1 aliphatic rings. The van der Waals surface area contributed by atoms with Crippen LogP contribution in [0, 0.1) is 6.92 Å². The second-order valence-corrected chi connectivity index (χ2v) is 7.15. The van der Waals surface area contributed by atoms with Crippen molar-refractivity contribution in [3.05, 3.63) is 44.4 Å². The number of aromatic nitrogens is 4. The van der Waals surface area contributed by atoms with E-state index in [1.807, 2.05) is 25.1 Å². The first-order valence-corrected chi connectivity index (χ1v) is 9.06. The third-order valence-corrected chi connectivity index (χ3v) is 5.11. The lowest BCUT2D eigenvalue weighted by Gasteiger charge is -2.21. The molecule has 0 bridgehead atoms. The number of nitrogens with zero attached hydrogens (tertiary/aromatic N) is 5. The van der Waals surface area contributed by atoms with Crippen LogP contribution in [0.5, 0.6) is 0 Å². The quantitative estimate of drug-likeness (QED) is 0.758. The van der Waals surface area contributed by atoms with Crippen molar-refractivity contribution in [2.45, 2.75) is 32.2 Å². The maximum atomic E-state index is 12.3. The maximum Gasteiger partial charge on any atom is 0.332 e. The molecule has 0 aliphatic carbocycles. The normalized spacial score (nSPS) is 16.7. The molecule has 9 nitrogen and oxygen atoms in total. The summed E-state index contributed by atoms with van der Waals surface area (Å²) in [6.07, 6.45) is 3.79. The molecule has 3 heterocycles. The highest BCUT2D eigenvalue weighted by atomic mass is 16.2. The summed E-state index contributed by atoms with van der Waals surface area (Å²) in [4.78, 5) is 38.3. The third-order valence-electron chi connectivity index (χ3n) is 5.11. The van der Waals surface area contributed by atoms with Crippen LogP contribution in [-0.2, 0) is 32.4 Å². The van der Waals surface area contributed by atoms with Gasteiger partial charge in [0.25, 0.3) is 5.56 Å². The maximum absolute atomic E-state index is 12.3. The number of amides is 1. The number of hydrogen-bond donors (Lipinski definition) is 1. The zero-order valence-electron chi connectivity index (χ0n) is 16.2. The topological polar surface area (TPSA) is 94.2 Å². The zero-order valence-corrected chi connectivity index (χ0v) is 16.2. The molecule has 1 fully saturated rings. The molecule has 1 N–H and O–H groups in total. The Balaban J connectivity index is 1.58. The van der Waals surface area contributed by atoms with E-state index in [0.717, 1.165) is 22.2 Å². The van der Waals surface area contributed by atoms with Crippen molar-refractivity contribution < 1.29 is 4.79 Å². The van der Waals surface area contributed by atoms with Crippen LogP contribution in [0.15, 0.2) is 21.9 Å². The summed E-state index contributed by atoms with van der Waals surface area (Å²) in [5.41, 5.74) is 1.35. The fourth-order valence-corrected chi connectivity index (χ4v) is 3.55. The van der Waals surface area contributed by atoms with Gasteiger partial charge >= 0.3 is 5.69 Å². The molecule has 2 aromatic rings. The van der Waals surface area contributed by atoms with E-state index in [2.05, 4.69) is 10.4 Å². The Hall–Kier alpha value is -2.84. The Bertz CT molecular complexity index is 970. The predicted octanol–water partition coefficient (Wildman–Crippen LogP) is -0.546. The van der Waals surface area contributed by atoms with E-state index in [1.165, 1.54) is 17.7 Å². The Labute approximate surface area is 157 Å². The lowest BCUT2D eigenvalue weighted by Crippen LogP contribution is -2.41. The van der Waals surface area contributed by atoms with Crippen molar-refractivity contribution in [3.8, 4) is 0 Å². The summed E-state index contributed by atoms with van der Waals surface area (Å²) in [6.45, 7) is 3.21. The first-order valence-electron chi connectivity index (χ1n) is 9.06. The molecule has 1 amide bonds. The van der Waals surface area contributed by atoms with Gasteiger partial charge in [-0.25, -0.2) is 4.79 Å². The van der Waals surface area contributed by atoms with Crippen molar-refractivity contribution in [1.82, 2.24) is 24.2 Å². The Morgan fingerprint density at radius 3 is 2.67 bits per heavy atom. The SMILES string of the molecule is Cc1nn(C)cc1CCC(=O)N[C@@H]1CCN(c2cc(=O)n(C)c(=O)n2C)C1. The molecule has 1 saturated heterocycles. The van der Waals surface area contributed by atoms with Gasteiger partial charge in [-0.2, -0.15) is 5.10 Å². The van der Waals surface area contributed by atoms with Crippen LogP contribution < -0.4 is 21.5 Å². The van der Waals surface area contributed by atoms with E-state index in [-0.39, 0.29) is 23.2 Å². The number of carbonyl (C=O) groups is 1. The fourth-order valence-electron chi connectivity index (χ4n) is 3.55. The average molecular weight is 374 g/mol. The number of hydrogen-bond acceptors (Lipinski definition) is 5. The number of carbonyl (C=O) groups excluding carboxylic acids is 1. The van der Waals surface area contributed by atoms with Crippen molar-refractivity contribution in [2.24, 2.45) is 21.1 Å². The zero-order chi connectivity index (χ0) is 19.7. The molecule has 1 aliphatic heterocycles. The molecule has 2 aromatic heterocycles. The van der Waals surface area contributed by atoms with Crippen molar-refractivity contribution >= 4 is 11.7 Å². The molecule has 1 atom stereocenters. The van der Waals surface area contributed by atoms with E-state index in [9.17, 15) is 14.4 Å². The summed E-state index contributed by atoms with van der Waals surface area (Å²) in [5.74, 6) is 0.591. The van der Waals surface area contributed by atoms with Gasteiger partial charge in [0, 0.05) is 59.0 Å². The Kier molecular flexibility index (Phi) is 5.20. The standard InChI is InChI=1S/C18H26N6O3/c1-12-13(10-21(2)20-12)5-6-15(25)19-14-7-8-24(11-14)16-9-17(26)23(4)18(27)22(16)3/h9-10,14H,5-8,11H2,1-4H3,(H,19,25)/t14-/m1/s1. The minimum atomic E-state index is -0.350. The highest BCUT2D eigenvalue weighted by molar-refractivity contribution is 5.76. The molecule has 0 radical (unpaired) electrons. The summed E-state index contributed by atoms with van der Waals surface area (Å²) >= 11 is 0. The summed E-state index contributed by atoms with van der Waals surface area (Å²) in [7, 11) is 4.98. The van der Waals surface area contributed by atoms with Gasteiger partial charge in [0.05, 0.1) is 5.69 Å². The molecular formula is C18H26N6O3. The molecule has 27 heavy (non-hydrogen) atoms. The lowest BCUT2D eigenvalue weighted by atomic mass is 10.1. The van der Waals surface area contributed by atoms with Crippen LogP contribution in [0.1, 0.15) is 24.1 Å². The molecule has 9 heteroatoms. The van der Waals surface area contributed by atoms with Crippen molar-refractivity contribution in [1.29, 1.82) is 0 Å². The van der Waals surface area contributed by atoms with Gasteiger partial charge < -0.3 is 10.2 Å². The van der Waals surface area contributed by atoms with Crippen molar-refractivity contribution in [3.63, 3.8) is 0 Å². The number of nitrogens with one attached hydrogen (secondary N) is 1. The molecule has 0 saturated carbocycles. The summed E-state index contributed by atoms with van der Waals surface area (Å²) in [6, 6.07) is 1.48. The second-order valence-electron chi connectivity index (χ2n) is 7.15. The van der Waals surface area contributed by atoms with Gasteiger partial charge in [-0.05, 0) is 25.3 Å². The Morgan fingerprint density at radius 1 is 1.26 bits per heavy atom. The largest absolute Gasteiger partial charge is 0.356 e. The molecule has 146 valence electrons. The van der Waals surface area contributed by atoms with Crippen LogP contribution in [0.25, 0.3) is 0 Å². The van der Waals surface area contributed by atoms with E-state index >= 15 is 0 Å². The number of anilines is 1. The number of rotatable bonds is 5. The van der Waals surface area contributed by atoms with Crippen LogP contribution in [0.3, 0.4) is 0 Å². The summed E-state index contributed by atoms with van der Waals surface area (Å²) < 4.78 is 4.31. The van der Waals surface area contributed by atoms with E-state index in [1.54, 1.807) is 11.7 Å². The van der Waals surface area contributed by atoms with Gasteiger partial charge in [-0.3, -0.25) is 23.4 Å². The first-order chi connectivity index (χ1) is 12.8.